The number of sulfone groups is 1. The Bertz CT molecular complexity index is 1040. The average Bonchev–Trinajstić information content (AvgIpc) is 2.76. The summed E-state index contributed by atoms with van der Waals surface area (Å²) in [6.07, 6.45) is -2.32. The highest BCUT2D eigenvalue weighted by Crippen LogP contribution is 2.29. The van der Waals surface area contributed by atoms with Crippen LogP contribution in [0.2, 0.25) is 0 Å². The Hall–Kier alpha value is -2.41. The van der Waals surface area contributed by atoms with Crippen LogP contribution in [-0.4, -0.2) is 34.0 Å². The van der Waals surface area contributed by atoms with Gasteiger partial charge in [0.15, 0.2) is 15.7 Å². The maximum absolute atomic E-state index is 14.6. The zero-order valence-corrected chi connectivity index (χ0v) is 14.5. The largest absolute Gasteiger partial charge is 0.396 e. The Kier molecular flexibility index (Phi) is 4.65. The molecule has 0 fully saturated rings. The minimum absolute atomic E-state index is 0.297. The number of nitrogen functional groups attached to an aromatic ring is 1. The van der Waals surface area contributed by atoms with Crippen LogP contribution in [0.3, 0.4) is 0 Å². The van der Waals surface area contributed by atoms with Crippen molar-refractivity contribution in [1.82, 2.24) is 14.3 Å². The molecule has 2 rings (SSSR count). The standard InChI is InChI=1S/C12H12F3N5O3S2/c1-19-11(9(14)15)18-20(12(19)21)4-3-5(25(2,22)23)6(10(17)24)8(16)7(4)13/h3,9H,16H2,1-2H3,(H2,17,24). The predicted octanol–water partition coefficient (Wildman–Crippen LogP) is 0.268. The molecule has 0 saturated heterocycles. The zero-order valence-electron chi connectivity index (χ0n) is 12.8. The van der Waals surface area contributed by atoms with Gasteiger partial charge in [0.25, 0.3) is 6.43 Å². The molecule has 0 saturated carbocycles. The smallest absolute Gasteiger partial charge is 0.350 e. The van der Waals surface area contributed by atoms with E-state index in [2.05, 4.69) is 17.3 Å². The van der Waals surface area contributed by atoms with E-state index in [0.29, 0.717) is 9.25 Å². The van der Waals surface area contributed by atoms with E-state index in [1.54, 1.807) is 0 Å². The molecule has 0 aliphatic carbocycles. The van der Waals surface area contributed by atoms with Gasteiger partial charge in [-0.15, -0.1) is 5.10 Å². The molecule has 1 aromatic carbocycles. The summed E-state index contributed by atoms with van der Waals surface area (Å²) in [5.74, 6) is -2.20. The molecular formula is C12H12F3N5O3S2. The van der Waals surface area contributed by atoms with Crippen LogP contribution in [0.15, 0.2) is 15.8 Å². The fraction of sp³-hybridized carbons (Fsp3) is 0.250. The lowest BCUT2D eigenvalue weighted by atomic mass is 10.1. The first kappa shape index (κ1) is 18.9. The molecule has 0 amide bonds. The van der Waals surface area contributed by atoms with E-state index in [9.17, 15) is 26.4 Å². The Morgan fingerprint density at radius 1 is 1.40 bits per heavy atom. The van der Waals surface area contributed by atoms with Gasteiger partial charge in [0, 0.05) is 13.3 Å². The SMILES string of the molecule is Cn1c(C(F)F)nn(-c2cc(S(C)(=O)=O)c(C(N)=S)c(N)c2F)c1=O. The van der Waals surface area contributed by atoms with E-state index in [4.69, 9.17) is 11.5 Å². The summed E-state index contributed by atoms with van der Waals surface area (Å²) in [5, 5.41) is 3.34. The maximum Gasteiger partial charge on any atom is 0.350 e. The minimum atomic E-state index is -3.99. The van der Waals surface area contributed by atoms with E-state index in [0.717, 1.165) is 19.4 Å². The van der Waals surface area contributed by atoms with Gasteiger partial charge >= 0.3 is 5.69 Å². The topological polar surface area (TPSA) is 126 Å². The zero-order chi connectivity index (χ0) is 19.3. The summed E-state index contributed by atoms with van der Waals surface area (Å²) < 4.78 is 65.0. The first-order valence-electron chi connectivity index (χ1n) is 6.44. The molecule has 0 aliphatic rings. The first-order chi connectivity index (χ1) is 11.4. The number of halogens is 3. The Balaban J connectivity index is 2.95. The number of aromatic nitrogens is 3. The number of nitrogens with zero attached hydrogens (tertiary/aromatic N) is 3. The summed E-state index contributed by atoms with van der Waals surface area (Å²) in [4.78, 5) is 11.0. The molecule has 0 bridgehead atoms. The predicted molar refractivity (Wildman–Crippen MR) is 87.1 cm³/mol. The number of alkyl halides is 2. The Labute approximate surface area is 144 Å². The third-order valence-corrected chi connectivity index (χ3v) is 4.65. The molecule has 1 aromatic heterocycles. The van der Waals surface area contributed by atoms with Gasteiger partial charge in [0.1, 0.15) is 10.7 Å². The van der Waals surface area contributed by atoms with E-state index in [-0.39, 0.29) is 0 Å². The molecule has 13 heteroatoms. The van der Waals surface area contributed by atoms with Crippen LogP contribution in [0, 0.1) is 5.82 Å². The van der Waals surface area contributed by atoms with Crippen molar-refractivity contribution in [2.24, 2.45) is 12.8 Å². The molecule has 2 aromatic rings. The number of hydrogen-bond acceptors (Lipinski definition) is 6. The first-order valence-corrected chi connectivity index (χ1v) is 8.74. The van der Waals surface area contributed by atoms with Gasteiger partial charge in [-0.1, -0.05) is 12.2 Å². The van der Waals surface area contributed by atoms with Crippen molar-refractivity contribution in [3.8, 4) is 5.69 Å². The van der Waals surface area contributed by atoms with Crippen LogP contribution in [0.4, 0.5) is 18.9 Å². The van der Waals surface area contributed by atoms with Crippen LogP contribution in [-0.2, 0) is 16.9 Å². The molecule has 1 heterocycles. The lowest BCUT2D eigenvalue weighted by molar-refractivity contribution is 0.136. The second-order valence-corrected chi connectivity index (χ2v) is 7.47. The van der Waals surface area contributed by atoms with Crippen molar-refractivity contribution < 1.29 is 21.6 Å². The van der Waals surface area contributed by atoms with Crippen LogP contribution in [0.25, 0.3) is 5.69 Å². The van der Waals surface area contributed by atoms with Crippen LogP contribution in [0.5, 0.6) is 0 Å². The second-order valence-electron chi connectivity index (χ2n) is 5.05. The summed E-state index contributed by atoms with van der Waals surface area (Å²) in [6, 6.07) is 0.721. The summed E-state index contributed by atoms with van der Waals surface area (Å²) in [7, 11) is -2.98. The summed E-state index contributed by atoms with van der Waals surface area (Å²) in [5.41, 5.74) is 7.97. The molecule has 0 aliphatic heterocycles. The van der Waals surface area contributed by atoms with Crippen LogP contribution in [0.1, 0.15) is 17.8 Å². The number of nitrogens with two attached hydrogens (primary N) is 2. The molecule has 0 unspecified atom stereocenters. The molecule has 0 spiro atoms. The van der Waals surface area contributed by atoms with E-state index in [1.165, 1.54) is 0 Å². The van der Waals surface area contributed by atoms with Crippen molar-refractivity contribution in [2.75, 3.05) is 12.0 Å². The Morgan fingerprint density at radius 3 is 2.36 bits per heavy atom. The van der Waals surface area contributed by atoms with Crippen molar-refractivity contribution in [1.29, 1.82) is 0 Å². The van der Waals surface area contributed by atoms with Gasteiger partial charge in [-0.05, 0) is 6.07 Å². The van der Waals surface area contributed by atoms with Gasteiger partial charge in [-0.25, -0.2) is 26.4 Å². The Morgan fingerprint density at radius 2 is 1.96 bits per heavy atom. The van der Waals surface area contributed by atoms with Gasteiger partial charge in [0.2, 0.25) is 5.82 Å². The van der Waals surface area contributed by atoms with Crippen LogP contribution < -0.4 is 17.2 Å². The van der Waals surface area contributed by atoms with Crippen molar-refractivity contribution in [3.05, 3.63) is 33.8 Å². The molecule has 25 heavy (non-hydrogen) atoms. The lowest BCUT2D eigenvalue weighted by Crippen LogP contribution is -2.25. The molecule has 0 radical (unpaired) electrons. The molecular weight excluding hydrogens is 383 g/mol. The van der Waals surface area contributed by atoms with Gasteiger partial charge in [0.05, 0.1) is 16.1 Å². The van der Waals surface area contributed by atoms with Gasteiger partial charge < -0.3 is 11.5 Å². The highest BCUT2D eigenvalue weighted by atomic mass is 32.2. The quantitative estimate of drug-likeness (QED) is 0.432. The monoisotopic (exact) mass is 395 g/mol. The van der Waals surface area contributed by atoms with Gasteiger partial charge in [-0.3, -0.25) is 4.57 Å². The third-order valence-electron chi connectivity index (χ3n) is 3.33. The lowest BCUT2D eigenvalue weighted by Gasteiger charge is -2.14. The normalized spacial score (nSPS) is 11.9. The number of anilines is 1. The fourth-order valence-electron chi connectivity index (χ4n) is 2.14. The summed E-state index contributed by atoms with van der Waals surface area (Å²) >= 11 is 4.69. The van der Waals surface area contributed by atoms with Gasteiger partial charge in [-0.2, -0.15) is 4.68 Å². The highest BCUT2D eigenvalue weighted by Gasteiger charge is 2.27. The van der Waals surface area contributed by atoms with E-state index >= 15 is 0 Å². The van der Waals surface area contributed by atoms with E-state index < -0.39 is 60.4 Å². The maximum atomic E-state index is 14.6. The minimum Gasteiger partial charge on any atom is -0.396 e. The number of thiocarbonyl (C=S) groups is 1. The summed E-state index contributed by atoms with van der Waals surface area (Å²) in [6.45, 7) is 0. The fourth-order valence-corrected chi connectivity index (χ4v) is 3.34. The van der Waals surface area contributed by atoms with Crippen molar-refractivity contribution in [2.45, 2.75) is 11.3 Å². The molecule has 0 atom stereocenters. The molecule has 8 nitrogen and oxygen atoms in total. The number of benzene rings is 1. The highest BCUT2D eigenvalue weighted by molar-refractivity contribution is 7.91. The average molecular weight is 395 g/mol. The van der Waals surface area contributed by atoms with E-state index in [1.807, 2.05) is 0 Å². The van der Waals surface area contributed by atoms with Crippen molar-refractivity contribution in [3.63, 3.8) is 0 Å². The second kappa shape index (κ2) is 6.15. The van der Waals surface area contributed by atoms with Crippen LogP contribution >= 0.6 is 12.2 Å². The van der Waals surface area contributed by atoms with Crippen molar-refractivity contribution >= 4 is 32.7 Å². The number of rotatable bonds is 4. The molecule has 4 N–H and O–H groups in total. The molecule has 136 valence electrons. The number of hydrogen-bond donors (Lipinski definition) is 2. The third kappa shape index (κ3) is 3.11.